The molecule has 2 aromatic rings. The summed E-state index contributed by atoms with van der Waals surface area (Å²) < 4.78 is 34.4. The second-order valence-corrected chi connectivity index (χ2v) is 9.43. The third-order valence-electron chi connectivity index (χ3n) is 5.47. The Hall–Kier alpha value is -2.66. The lowest BCUT2D eigenvalue weighted by Gasteiger charge is -2.33. The van der Waals surface area contributed by atoms with Crippen LogP contribution in [0.25, 0.3) is 0 Å². The summed E-state index contributed by atoms with van der Waals surface area (Å²) in [4.78, 5) is 13.9. The molecular formula is C22H24F2N2O3S. The minimum absolute atomic E-state index is 0.0296. The van der Waals surface area contributed by atoms with Gasteiger partial charge in [-0.1, -0.05) is 20.8 Å². The normalized spacial score (nSPS) is 16.0. The van der Waals surface area contributed by atoms with Crippen LogP contribution >= 0.6 is 11.3 Å². The van der Waals surface area contributed by atoms with E-state index in [0.29, 0.717) is 16.5 Å². The van der Waals surface area contributed by atoms with Gasteiger partial charge in [-0.25, -0.2) is 0 Å². The number of nitrogens with zero attached hydrogens (tertiary/aromatic N) is 1. The lowest BCUT2D eigenvalue weighted by atomic mass is 9.72. The van der Waals surface area contributed by atoms with E-state index in [4.69, 9.17) is 4.74 Å². The van der Waals surface area contributed by atoms with Gasteiger partial charge in [0.25, 0.3) is 5.91 Å². The Kier molecular flexibility index (Phi) is 6.32. The first-order chi connectivity index (χ1) is 14.1. The molecule has 30 heavy (non-hydrogen) atoms. The predicted octanol–water partition coefficient (Wildman–Crippen LogP) is 5.63. The molecule has 0 spiro atoms. The quantitative estimate of drug-likeness (QED) is 0.662. The second kappa shape index (κ2) is 8.60. The molecule has 1 amide bonds. The number of hydrogen-bond acceptors (Lipinski definition) is 5. The van der Waals surface area contributed by atoms with Gasteiger partial charge in [-0.05, 0) is 54.4 Å². The number of carbonyl (C=O) groups is 1. The molecule has 0 radical (unpaired) electrons. The van der Waals surface area contributed by atoms with Crippen molar-refractivity contribution in [3.63, 3.8) is 0 Å². The van der Waals surface area contributed by atoms with Crippen molar-refractivity contribution in [3.8, 4) is 17.6 Å². The number of fused-ring (bicyclic) bond motifs is 1. The molecule has 0 aliphatic heterocycles. The van der Waals surface area contributed by atoms with Crippen molar-refractivity contribution in [2.45, 2.75) is 46.6 Å². The lowest BCUT2D eigenvalue weighted by molar-refractivity contribution is -0.0512. The van der Waals surface area contributed by atoms with E-state index in [0.717, 1.165) is 29.7 Å². The molecule has 5 nitrogen and oxygen atoms in total. The smallest absolute Gasteiger partial charge is 0.387 e. The maximum atomic E-state index is 12.8. The number of amides is 1. The SMILES string of the molecule is COc1cc(C(=O)Nc2sc3c(c2C#N)CC[C@@H](C(C)(C)C)C3)ccc1OC(F)F. The molecule has 1 N–H and O–H groups in total. The number of nitrogens with one attached hydrogen (secondary N) is 1. The molecule has 0 saturated carbocycles. The fraction of sp³-hybridized carbons (Fsp3) is 0.455. The van der Waals surface area contributed by atoms with E-state index in [-0.39, 0.29) is 22.5 Å². The maximum Gasteiger partial charge on any atom is 0.387 e. The molecule has 1 aromatic heterocycles. The Morgan fingerprint density at radius 2 is 2.07 bits per heavy atom. The first-order valence-corrected chi connectivity index (χ1v) is 10.4. The number of hydrogen-bond donors (Lipinski definition) is 1. The Morgan fingerprint density at radius 1 is 1.33 bits per heavy atom. The average Bonchev–Trinajstić information content (AvgIpc) is 3.03. The van der Waals surface area contributed by atoms with Gasteiger partial charge in [0.2, 0.25) is 0 Å². The standard InChI is InChI=1S/C22H24F2N2O3S/c1-22(2,3)13-6-7-14-15(11-25)20(30-18(14)10-13)26-19(27)12-5-8-16(29-21(23)24)17(9-12)28-4/h5,8-9,13,21H,6-7,10H2,1-4H3,(H,26,27)/t13-/m1/s1. The van der Waals surface area contributed by atoms with Gasteiger partial charge in [0.15, 0.2) is 11.5 Å². The number of alkyl halides is 2. The van der Waals surface area contributed by atoms with Crippen LogP contribution in [0.3, 0.4) is 0 Å². The van der Waals surface area contributed by atoms with Gasteiger partial charge in [0.1, 0.15) is 11.1 Å². The van der Waals surface area contributed by atoms with Gasteiger partial charge in [-0.3, -0.25) is 4.79 Å². The summed E-state index contributed by atoms with van der Waals surface area (Å²) in [7, 11) is 1.31. The summed E-state index contributed by atoms with van der Waals surface area (Å²) >= 11 is 1.44. The second-order valence-electron chi connectivity index (χ2n) is 8.32. The highest BCUT2D eigenvalue weighted by molar-refractivity contribution is 7.16. The number of halogens is 2. The number of thiophene rings is 1. The third-order valence-corrected chi connectivity index (χ3v) is 6.64. The Balaban J connectivity index is 1.84. The molecule has 1 aromatic carbocycles. The number of carbonyl (C=O) groups excluding carboxylic acids is 1. The van der Waals surface area contributed by atoms with Crippen LogP contribution in [0.15, 0.2) is 18.2 Å². The van der Waals surface area contributed by atoms with Crippen LogP contribution in [0.2, 0.25) is 0 Å². The van der Waals surface area contributed by atoms with Crippen LogP contribution in [0.4, 0.5) is 13.8 Å². The van der Waals surface area contributed by atoms with Crippen molar-refractivity contribution in [1.29, 1.82) is 5.26 Å². The van der Waals surface area contributed by atoms with Crippen molar-refractivity contribution in [2.24, 2.45) is 11.3 Å². The number of ether oxygens (including phenoxy) is 2. The first-order valence-electron chi connectivity index (χ1n) is 9.62. The highest BCUT2D eigenvalue weighted by Gasteiger charge is 2.32. The zero-order chi connectivity index (χ0) is 22.1. The van der Waals surface area contributed by atoms with Gasteiger partial charge in [0.05, 0.1) is 12.7 Å². The van der Waals surface area contributed by atoms with Gasteiger partial charge in [-0.2, -0.15) is 14.0 Å². The van der Waals surface area contributed by atoms with Crippen LogP contribution in [0.5, 0.6) is 11.5 Å². The fourth-order valence-electron chi connectivity index (χ4n) is 3.71. The van der Waals surface area contributed by atoms with E-state index >= 15 is 0 Å². The Morgan fingerprint density at radius 3 is 2.67 bits per heavy atom. The number of methoxy groups -OCH3 is 1. The van der Waals surface area contributed by atoms with Gasteiger partial charge >= 0.3 is 6.61 Å². The molecule has 1 aliphatic rings. The molecule has 1 atom stereocenters. The molecule has 3 rings (SSSR count). The maximum absolute atomic E-state index is 12.8. The van der Waals surface area contributed by atoms with Gasteiger partial charge < -0.3 is 14.8 Å². The lowest BCUT2D eigenvalue weighted by Crippen LogP contribution is -2.26. The van der Waals surface area contributed by atoms with E-state index in [1.54, 1.807) is 0 Å². The van der Waals surface area contributed by atoms with Crippen molar-refractivity contribution in [2.75, 3.05) is 12.4 Å². The number of anilines is 1. The first kappa shape index (κ1) is 22.0. The summed E-state index contributed by atoms with van der Waals surface area (Å²) in [5.41, 5.74) is 1.93. The van der Waals surface area contributed by atoms with E-state index < -0.39 is 12.5 Å². The average molecular weight is 435 g/mol. The van der Waals surface area contributed by atoms with E-state index in [2.05, 4.69) is 36.9 Å². The Bertz CT molecular complexity index is 989. The topological polar surface area (TPSA) is 71.3 Å². The monoisotopic (exact) mass is 434 g/mol. The fourth-order valence-corrected chi connectivity index (χ4v) is 4.98. The van der Waals surface area contributed by atoms with Gasteiger partial charge in [-0.15, -0.1) is 11.3 Å². The van der Waals surface area contributed by atoms with Crippen LogP contribution in [0.1, 0.15) is 53.6 Å². The summed E-state index contributed by atoms with van der Waals surface area (Å²) in [6.07, 6.45) is 2.72. The van der Waals surface area contributed by atoms with Crippen molar-refractivity contribution in [3.05, 3.63) is 39.8 Å². The van der Waals surface area contributed by atoms with Crippen LogP contribution in [-0.4, -0.2) is 19.6 Å². The van der Waals surface area contributed by atoms with Crippen molar-refractivity contribution in [1.82, 2.24) is 0 Å². The van der Waals surface area contributed by atoms with E-state index in [9.17, 15) is 18.8 Å². The predicted molar refractivity (Wildman–Crippen MR) is 112 cm³/mol. The highest BCUT2D eigenvalue weighted by Crippen LogP contribution is 2.44. The molecule has 1 aliphatic carbocycles. The molecule has 0 saturated heterocycles. The van der Waals surface area contributed by atoms with Crippen molar-refractivity contribution < 1.29 is 23.0 Å². The van der Waals surface area contributed by atoms with E-state index in [1.165, 1.54) is 36.6 Å². The summed E-state index contributed by atoms with van der Waals surface area (Å²) in [6.45, 7) is 3.67. The number of benzene rings is 1. The minimum Gasteiger partial charge on any atom is -0.493 e. The number of rotatable bonds is 5. The van der Waals surface area contributed by atoms with E-state index in [1.807, 2.05) is 0 Å². The molecule has 0 unspecified atom stereocenters. The highest BCUT2D eigenvalue weighted by atomic mass is 32.1. The molecule has 1 heterocycles. The zero-order valence-electron chi connectivity index (χ0n) is 17.3. The largest absolute Gasteiger partial charge is 0.493 e. The van der Waals surface area contributed by atoms with Crippen LogP contribution in [-0.2, 0) is 12.8 Å². The third kappa shape index (κ3) is 4.57. The molecule has 0 fully saturated rings. The minimum atomic E-state index is -2.99. The molecule has 160 valence electrons. The molecule has 0 bridgehead atoms. The van der Waals surface area contributed by atoms with Crippen molar-refractivity contribution >= 4 is 22.2 Å². The Labute approximate surface area is 178 Å². The summed E-state index contributed by atoms with van der Waals surface area (Å²) in [5.74, 6) is -0.0479. The van der Waals surface area contributed by atoms with Crippen LogP contribution < -0.4 is 14.8 Å². The summed E-state index contributed by atoms with van der Waals surface area (Å²) in [5, 5.41) is 13.0. The zero-order valence-corrected chi connectivity index (χ0v) is 18.2. The molecular weight excluding hydrogens is 410 g/mol. The number of nitriles is 1. The molecule has 8 heteroatoms. The van der Waals surface area contributed by atoms with Gasteiger partial charge in [0, 0.05) is 10.4 Å². The summed E-state index contributed by atoms with van der Waals surface area (Å²) in [6, 6.07) is 6.21. The van der Waals surface area contributed by atoms with Crippen LogP contribution in [0, 0.1) is 22.7 Å².